The van der Waals surface area contributed by atoms with E-state index in [1.807, 2.05) is 73.1 Å². The van der Waals surface area contributed by atoms with E-state index in [9.17, 15) is 0 Å². The highest BCUT2D eigenvalue weighted by Crippen LogP contribution is 2.38. The van der Waals surface area contributed by atoms with Crippen molar-refractivity contribution in [3.8, 4) is 56.2 Å². The summed E-state index contributed by atoms with van der Waals surface area (Å²) >= 11 is 0. The predicted octanol–water partition coefficient (Wildman–Crippen LogP) is 12.0. The van der Waals surface area contributed by atoms with E-state index in [0.29, 0.717) is 5.82 Å². The highest BCUT2D eigenvalue weighted by Gasteiger charge is 2.16. The Labute approximate surface area is 287 Å². The standard InChI is InChI=1S/C45H27N3O2/c1-2-8-29(9-3-1)45-47-39(31-14-16-37-35-10-4-6-12-41(35)50-44(37)26-31)27-40(48-45)34-23-32(28-18-20-46-21-19-28)22-33(24-34)30-15-17-43-38(25-30)36-11-5-7-13-42(36)49-43/h1-27H. The Kier molecular flexibility index (Phi) is 6.42. The SMILES string of the molecule is c1ccc(-c2nc(-c3cc(-c4ccncc4)cc(-c4ccc5oc6ccccc6c5c4)c3)cc(-c3ccc4c(c3)oc3ccccc34)n2)cc1. The van der Waals surface area contributed by atoms with Crippen molar-refractivity contribution in [2.24, 2.45) is 0 Å². The molecule has 5 heteroatoms. The zero-order valence-corrected chi connectivity index (χ0v) is 26.7. The van der Waals surface area contributed by atoms with Crippen molar-refractivity contribution in [3.05, 3.63) is 164 Å². The van der Waals surface area contributed by atoms with Crippen LogP contribution >= 0.6 is 0 Å². The molecule has 234 valence electrons. The van der Waals surface area contributed by atoms with Crippen molar-refractivity contribution in [3.63, 3.8) is 0 Å². The summed E-state index contributed by atoms with van der Waals surface area (Å²) in [5.74, 6) is 0.657. The maximum Gasteiger partial charge on any atom is 0.160 e. The molecule has 5 nitrogen and oxygen atoms in total. The molecule has 0 bridgehead atoms. The molecule has 0 aliphatic heterocycles. The van der Waals surface area contributed by atoms with E-state index in [0.717, 1.165) is 94.2 Å². The lowest BCUT2D eigenvalue weighted by atomic mass is 9.94. The van der Waals surface area contributed by atoms with Crippen LogP contribution in [0.4, 0.5) is 0 Å². The van der Waals surface area contributed by atoms with Crippen molar-refractivity contribution >= 4 is 43.9 Å². The lowest BCUT2D eigenvalue weighted by molar-refractivity contribution is 0.668. The fourth-order valence-electron chi connectivity index (χ4n) is 6.90. The fourth-order valence-corrected chi connectivity index (χ4v) is 6.90. The molecule has 0 atom stereocenters. The number of furan rings is 2. The summed E-state index contributed by atoms with van der Waals surface area (Å²) < 4.78 is 12.4. The molecular formula is C45H27N3O2. The number of hydrogen-bond acceptors (Lipinski definition) is 5. The molecule has 0 saturated heterocycles. The zero-order valence-electron chi connectivity index (χ0n) is 26.7. The van der Waals surface area contributed by atoms with Crippen LogP contribution in [0.5, 0.6) is 0 Å². The minimum absolute atomic E-state index is 0.657. The summed E-state index contributed by atoms with van der Waals surface area (Å²) in [7, 11) is 0. The van der Waals surface area contributed by atoms with Gasteiger partial charge in [-0.15, -0.1) is 0 Å². The van der Waals surface area contributed by atoms with Crippen LogP contribution in [0.3, 0.4) is 0 Å². The molecule has 10 rings (SSSR count). The summed E-state index contributed by atoms with van der Waals surface area (Å²) in [6.45, 7) is 0. The van der Waals surface area contributed by atoms with Gasteiger partial charge in [0.15, 0.2) is 5.82 Å². The summed E-state index contributed by atoms with van der Waals surface area (Å²) in [6.07, 6.45) is 3.66. The Bertz CT molecular complexity index is 2870. The van der Waals surface area contributed by atoms with Gasteiger partial charge in [-0.05, 0) is 95.1 Å². The third-order valence-electron chi connectivity index (χ3n) is 9.39. The van der Waals surface area contributed by atoms with E-state index >= 15 is 0 Å². The number of para-hydroxylation sites is 2. The zero-order chi connectivity index (χ0) is 33.0. The van der Waals surface area contributed by atoms with E-state index in [-0.39, 0.29) is 0 Å². The first-order valence-corrected chi connectivity index (χ1v) is 16.6. The Morgan fingerprint density at radius 1 is 0.320 bits per heavy atom. The monoisotopic (exact) mass is 641 g/mol. The van der Waals surface area contributed by atoms with E-state index in [4.69, 9.17) is 18.8 Å². The molecule has 0 N–H and O–H groups in total. The van der Waals surface area contributed by atoms with E-state index < -0.39 is 0 Å². The molecule has 0 amide bonds. The quantitative estimate of drug-likeness (QED) is 0.187. The van der Waals surface area contributed by atoms with Gasteiger partial charge in [0, 0.05) is 50.6 Å². The fraction of sp³-hybridized carbons (Fsp3) is 0. The molecule has 0 fully saturated rings. The second-order valence-electron chi connectivity index (χ2n) is 12.5. The highest BCUT2D eigenvalue weighted by molar-refractivity contribution is 6.07. The summed E-state index contributed by atoms with van der Waals surface area (Å²) in [5.41, 5.74) is 12.3. The Balaban J connectivity index is 1.18. The van der Waals surface area contributed by atoms with Crippen LogP contribution in [0, 0.1) is 0 Å². The topological polar surface area (TPSA) is 65.0 Å². The first kappa shape index (κ1) is 28.2. The van der Waals surface area contributed by atoms with Crippen molar-refractivity contribution in [2.45, 2.75) is 0 Å². The second kappa shape index (κ2) is 11.4. The van der Waals surface area contributed by atoms with Gasteiger partial charge in [0.25, 0.3) is 0 Å². The Morgan fingerprint density at radius 2 is 0.900 bits per heavy atom. The van der Waals surface area contributed by atoms with Crippen LogP contribution in [0.25, 0.3) is 100 Å². The molecule has 4 heterocycles. The maximum atomic E-state index is 6.27. The third-order valence-corrected chi connectivity index (χ3v) is 9.39. The first-order chi connectivity index (χ1) is 24.7. The molecule has 0 saturated carbocycles. The minimum Gasteiger partial charge on any atom is -0.456 e. The van der Waals surface area contributed by atoms with Gasteiger partial charge in [-0.25, -0.2) is 9.97 Å². The molecule has 0 aliphatic carbocycles. The smallest absolute Gasteiger partial charge is 0.160 e. The van der Waals surface area contributed by atoms with E-state index in [2.05, 4.69) is 96.0 Å². The van der Waals surface area contributed by atoms with Crippen LogP contribution < -0.4 is 0 Å². The van der Waals surface area contributed by atoms with Crippen molar-refractivity contribution < 1.29 is 8.83 Å². The van der Waals surface area contributed by atoms with Gasteiger partial charge in [-0.1, -0.05) is 78.9 Å². The molecule has 10 aromatic rings. The molecule has 0 aliphatic rings. The van der Waals surface area contributed by atoms with Gasteiger partial charge in [0.05, 0.1) is 11.4 Å². The Morgan fingerprint density at radius 3 is 1.68 bits per heavy atom. The average Bonchev–Trinajstić information content (AvgIpc) is 3.76. The van der Waals surface area contributed by atoms with Gasteiger partial charge in [-0.2, -0.15) is 0 Å². The van der Waals surface area contributed by atoms with Crippen molar-refractivity contribution in [2.75, 3.05) is 0 Å². The number of hydrogen-bond donors (Lipinski definition) is 0. The lowest BCUT2D eigenvalue weighted by Crippen LogP contribution is -1.96. The van der Waals surface area contributed by atoms with E-state index in [1.165, 1.54) is 0 Å². The number of rotatable bonds is 5. The van der Waals surface area contributed by atoms with Crippen LogP contribution in [0.15, 0.2) is 173 Å². The number of aromatic nitrogens is 3. The van der Waals surface area contributed by atoms with Crippen LogP contribution in [-0.2, 0) is 0 Å². The predicted molar refractivity (Wildman–Crippen MR) is 202 cm³/mol. The molecular weight excluding hydrogens is 615 g/mol. The maximum absolute atomic E-state index is 6.27. The van der Waals surface area contributed by atoms with Crippen molar-refractivity contribution in [1.82, 2.24) is 15.0 Å². The largest absolute Gasteiger partial charge is 0.456 e. The van der Waals surface area contributed by atoms with Crippen LogP contribution in [0.2, 0.25) is 0 Å². The average molecular weight is 642 g/mol. The Hall–Kier alpha value is -6.85. The van der Waals surface area contributed by atoms with Crippen molar-refractivity contribution in [1.29, 1.82) is 0 Å². The third kappa shape index (κ3) is 4.83. The number of fused-ring (bicyclic) bond motifs is 6. The molecule has 50 heavy (non-hydrogen) atoms. The summed E-state index contributed by atoms with van der Waals surface area (Å²) in [4.78, 5) is 14.6. The van der Waals surface area contributed by atoms with Crippen LogP contribution in [0.1, 0.15) is 0 Å². The normalized spacial score (nSPS) is 11.6. The first-order valence-electron chi connectivity index (χ1n) is 16.6. The highest BCUT2D eigenvalue weighted by atomic mass is 16.3. The van der Waals surface area contributed by atoms with Gasteiger partial charge in [-0.3, -0.25) is 4.98 Å². The minimum atomic E-state index is 0.657. The molecule has 0 unspecified atom stereocenters. The number of pyridine rings is 1. The van der Waals surface area contributed by atoms with Gasteiger partial charge in [0.2, 0.25) is 0 Å². The summed E-state index contributed by atoms with van der Waals surface area (Å²) in [6, 6.07) is 52.0. The summed E-state index contributed by atoms with van der Waals surface area (Å²) in [5, 5.41) is 4.37. The lowest BCUT2D eigenvalue weighted by Gasteiger charge is -2.13. The molecule has 0 spiro atoms. The molecule has 0 radical (unpaired) electrons. The van der Waals surface area contributed by atoms with E-state index in [1.54, 1.807) is 0 Å². The second-order valence-corrected chi connectivity index (χ2v) is 12.5. The number of benzene rings is 6. The van der Waals surface area contributed by atoms with Crippen LogP contribution in [-0.4, -0.2) is 15.0 Å². The van der Waals surface area contributed by atoms with Gasteiger partial charge >= 0.3 is 0 Å². The molecule has 4 aromatic heterocycles. The van der Waals surface area contributed by atoms with Gasteiger partial charge in [0.1, 0.15) is 22.3 Å². The van der Waals surface area contributed by atoms with Gasteiger partial charge < -0.3 is 8.83 Å². The molecule has 6 aromatic carbocycles. The number of nitrogens with zero attached hydrogens (tertiary/aromatic N) is 3.